The number of hydrogen-bond acceptors (Lipinski definition) is 8. The zero-order chi connectivity index (χ0) is 31.7. The van der Waals surface area contributed by atoms with Crippen LogP contribution >= 0.6 is 11.6 Å². The van der Waals surface area contributed by atoms with Crippen molar-refractivity contribution < 1.29 is 14.3 Å². The highest BCUT2D eigenvalue weighted by Crippen LogP contribution is 2.37. The van der Waals surface area contributed by atoms with Gasteiger partial charge in [0, 0.05) is 53.9 Å². The number of fused-ring (bicyclic) bond motifs is 2. The van der Waals surface area contributed by atoms with E-state index in [9.17, 15) is 10.1 Å². The number of hydrogen-bond donors (Lipinski definition) is 0. The van der Waals surface area contributed by atoms with Gasteiger partial charge in [0.05, 0.1) is 29.7 Å². The monoisotopic (exact) mass is 626 g/mol. The van der Waals surface area contributed by atoms with Gasteiger partial charge in [-0.05, 0) is 70.3 Å². The van der Waals surface area contributed by atoms with E-state index in [0.717, 1.165) is 52.5 Å². The maximum atomic E-state index is 13.1. The summed E-state index contributed by atoms with van der Waals surface area (Å²) in [6.45, 7) is 8.58. The Morgan fingerprint density at radius 1 is 1.11 bits per heavy atom. The molecule has 2 aliphatic heterocycles. The molecule has 45 heavy (non-hydrogen) atoms. The summed E-state index contributed by atoms with van der Waals surface area (Å²) in [6.07, 6.45) is 3.90. The van der Waals surface area contributed by atoms with Gasteiger partial charge in [0.25, 0.3) is 0 Å². The Balaban J connectivity index is 1.39. The molecule has 9 nitrogen and oxygen atoms in total. The van der Waals surface area contributed by atoms with Crippen LogP contribution in [0.4, 0.5) is 10.5 Å². The standard InChI is InChI=1S/C35H39ClN6O3/c1-35(2,3)45-34(43)42-17-16-41(21-25(42)13-14-37)30-19-31(44-22-26-10-7-15-40(26)4)39-29-18-24(20-38-33(29)30)27-11-5-8-23-9-6-12-28(36)32(23)27/h5-6,8-9,11-12,18-20,25-26H,7,10,13,15-17,21-22H2,1-4H3/t25-,26-/m0/s1. The topological polar surface area (TPSA) is 94.8 Å². The van der Waals surface area contributed by atoms with Gasteiger partial charge >= 0.3 is 6.09 Å². The van der Waals surface area contributed by atoms with Crippen LogP contribution in [0, 0.1) is 11.3 Å². The number of amides is 1. The smallest absolute Gasteiger partial charge is 0.410 e. The predicted octanol–water partition coefficient (Wildman–Crippen LogP) is 6.92. The molecule has 2 aromatic carbocycles. The van der Waals surface area contributed by atoms with Crippen molar-refractivity contribution in [3.63, 3.8) is 0 Å². The number of benzene rings is 2. The van der Waals surface area contributed by atoms with Crippen molar-refractivity contribution >= 4 is 45.2 Å². The van der Waals surface area contributed by atoms with Crippen molar-refractivity contribution in [2.45, 2.75) is 57.7 Å². The van der Waals surface area contributed by atoms with Gasteiger partial charge in [0.15, 0.2) is 0 Å². The second-order valence-corrected chi connectivity index (χ2v) is 13.3. The summed E-state index contributed by atoms with van der Waals surface area (Å²) < 4.78 is 12.0. The Kier molecular flexibility index (Phi) is 8.71. The molecule has 4 heterocycles. The molecule has 10 heteroatoms. The van der Waals surface area contributed by atoms with E-state index in [-0.39, 0.29) is 12.5 Å². The first-order chi connectivity index (χ1) is 21.6. The largest absolute Gasteiger partial charge is 0.476 e. The Hall–Kier alpha value is -4.13. The van der Waals surface area contributed by atoms with Crippen molar-refractivity contribution in [3.8, 4) is 23.1 Å². The van der Waals surface area contributed by atoms with Crippen LogP contribution in [0.2, 0.25) is 5.02 Å². The lowest BCUT2D eigenvalue weighted by molar-refractivity contribution is 0.0145. The van der Waals surface area contributed by atoms with Crippen LogP contribution in [0.3, 0.4) is 0 Å². The average molecular weight is 627 g/mol. The van der Waals surface area contributed by atoms with E-state index in [2.05, 4.69) is 41.1 Å². The first-order valence-corrected chi connectivity index (χ1v) is 15.9. The molecule has 0 saturated carbocycles. The molecule has 2 fully saturated rings. The summed E-state index contributed by atoms with van der Waals surface area (Å²) in [5, 5.41) is 12.4. The second-order valence-electron chi connectivity index (χ2n) is 12.9. The van der Waals surface area contributed by atoms with Crippen molar-refractivity contribution in [1.82, 2.24) is 19.8 Å². The molecular formula is C35H39ClN6O3. The Morgan fingerprint density at radius 3 is 2.64 bits per heavy atom. The quantitative estimate of drug-likeness (QED) is 0.228. The number of pyridine rings is 2. The van der Waals surface area contributed by atoms with Gasteiger partial charge < -0.3 is 24.2 Å². The van der Waals surface area contributed by atoms with Gasteiger partial charge in [-0.15, -0.1) is 0 Å². The molecule has 0 N–H and O–H groups in total. The third-order valence-electron chi connectivity index (χ3n) is 8.64. The number of likely N-dealkylation sites (N-methyl/N-ethyl adjacent to an activating group) is 1. The van der Waals surface area contributed by atoms with Crippen LogP contribution in [0.15, 0.2) is 54.7 Å². The zero-order valence-electron chi connectivity index (χ0n) is 26.3. The van der Waals surface area contributed by atoms with Crippen LogP contribution < -0.4 is 9.64 Å². The molecule has 2 aliphatic rings. The molecule has 2 atom stereocenters. The number of aromatic nitrogens is 2. The van der Waals surface area contributed by atoms with Crippen molar-refractivity contribution in [1.29, 1.82) is 5.26 Å². The average Bonchev–Trinajstić information content (AvgIpc) is 3.42. The number of nitriles is 1. The van der Waals surface area contributed by atoms with Gasteiger partial charge in [-0.3, -0.25) is 4.98 Å². The van der Waals surface area contributed by atoms with E-state index in [1.165, 1.54) is 0 Å². The lowest BCUT2D eigenvalue weighted by Crippen LogP contribution is -2.56. The minimum atomic E-state index is -0.623. The highest BCUT2D eigenvalue weighted by atomic mass is 35.5. The molecule has 0 aliphatic carbocycles. The molecule has 4 aromatic rings. The highest BCUT2D eigenvalue weighted by Gasteiger charge is 2.34. The van der Waals surface area contributed by atoms with Crippen LogP contribution in [-0.2, 0) is 4.74 Å². The number of ether oxygens (including phenoxy) is 2. The number of carbonyl (C=O) groups is 1. The molecule has 0 spiro atoms. The fraction of sp³-hybridized carbons (Fsp3) is 0.429. The third-order valence-corrected chi connectivity index (χ3v) is 8.95. The molecule has 6 rings (SSSR count). The van der Waals surface area contributed by atoms with E-state index in [4.69, 9.17) is 31.0 Å². The minimum Gasteiger partial charge on any atom is -0.476 e. The maximum absolute atomic E-state index is 13.1. The summed E-state index contributed by atoms with van der Waals surface area (Å²) >= 11 is 6.68. The van der Waals surface area contributed by atoms with Gasteiger partial charge in [-0.1, -0.05) is 41.9 Å². The van der Waals surface area contributed by atoms with Crippen LogP contribution in [0.5, 0.6) is 5.88 Å². The normalized spacial score (nSPS) is 19.2. The zero-order valence-corrected chi connectivity index (χ0v) is 27.0. The van der Waals surface area contributed by atoms with Crippen molar-refractivity contribution in [3.05, 3.63) is 59.8 Å². The van der Waals surface area contributed by atoms with Gasteiger partial charge in [0.2, 0.25) is 5.88 Å². The predicted molar refractivity (Wildman–Crippen MR) is 178 cm³/mol. The van der Waals surface area contributed by atoms with Gasteiger partial charge in [-0.25, -0.2) is 9.78 Å². The van der Waals surface area contributed by atoms with Crippen LogP contribution in [-0.4, -0.2) is 83.4 Å². The molecule has 1 amide bonds. The summed E-state index contributed by atoms with van der Waals surface area (Å²) in [4.78, 5) is 29.1. The summed E-state index contributed by atoms with van der Waals surface area (Å²) in [5.41, 5.74) is 3.57. The number of halogens is 1. The summed E-state index contributed by atoms with van der Waals surface area (Å²) in [7, 11) is 2.13. The van der Waals surface area contributed by atoms with E-state index in [0.29, 0.717) is 48.7 Å². The lowest BCUT2D eigenvalue weighted by Gasteiger charge is -2.42. The number of nitrogens with zero attached hydrogens (tertiary/aromatic N) is 6. The summed E-state index contributed by atoms with van der Waals surface area (Å²) in [5.74, 6) is 0.527. The molecule has 2 saturated heterocycles. The third kappa shape index (κ3) is 6.63. The highest BCUT2D eigenvalue weighted by molar-refractivity contribution is 6.36. The number of rotatable bonds is 6. The molecule has 2 aromatic heterocycles. The fourth-order valence-electron chi connectivity index (χ4n) is 6.36. The van der Waals surface area contributed by atoms with E-state index in [1.807, 2.05) is 57.3 Å². The number of piperazine rings is 1. The molecule has 234 valence electrons. The Labute approximate surface area is 269 Å². The molecular weight excluding hydrogens is 588 g/mol. The fourth-order valence-corrected chi connectivity index (χ4v) is 6.64. The molecule has 0 unspecified atom stereocenters. The summed E-state index contributed by atoms with van der Waals surface area (Å²) in [6, 6.07) is 18.3. The first-order valence-electron chi connectivity index (χ1n) is 15.5. The minimum absolute atomic E-state index is 0.190. The van der Waals surface area contributed by atoms with Crippen LogP contribution in [0.1, 0.15) is 40.0 Å². The van der Waals surface area contributed by atoms with Crippen molar-refractivity contribution in [2.24, 2.45) is 0 Å². The maximum Gasteiger partial charge on any atom is 0.410 e. The number of likely N-dealkylation sites (tertiary alicyclic amines) is 1. The second kappa shape index (κ2) is 12.7. The number of carbonyl (C=O) groups excluding carboxylic acids is 1. The molecule has 0 bridgehead atoms. The van der Waals surface area contributed by atoms with E-state index >= 15 is 0 Å². The molecule has 0 radical (unpaired) electrons. The Morgan fingerprint density at radius 2 is 1.91 bits per heavy atom. The SMILES string of the molecule is CN1CCC[C@H]1COc1cc(N2CCN(C(=O)OC(C)(C)C)[C@@H](CC#N)C2)c2ncc(-c3cccc4cccc(Cl)c34)cc2n1. The number of anilines is 1. The van der Waals surface area contributed by atoms with E-state index < -0.39 is 11.7 Å². The van der Waals surface area contributed by atoms with E-state index in [1.54, 1.807) is 4.90 Å². The van der Waals surface area contributed by atoms with Gasteiger partial charge in [-0.2, -0.15) is 5.26 Å². The Bertz CT molecular complexity index is 1760. The van der Waals surface area contributed by atoms with Crippen molar-refractivity contribution in [2.75, 3.05) is 44.7 Å². The first kappa shape index (κ1) is 30.9. The lowest BCUT2D eigenvalue weighted by atomic mass is 9.99. The van der Waals surface area contributed by atoms with Crippen LogP contribution in [0.25, 0.3) is 32.9 Å². The van der Waals surface area contributed by atoms with Gasteiger partial charge in [0.1, 0.15) is 17.7 Å².